The number of amides is 1. The van der Waals surface area contributed by atoms with Crippen LogP contribution in [0.4, 0.5) is 11.4 Å². The number of thiocarbonyl (C=S) groups is 1. The summed E-state index contributed by atoms with van der Waals surface area (Å²) in [7, 11) is 4.41. The maximum Gasteiger partial charge on any atom is 0.272 e. The summed E-state index contributed by atoms with van der Waals surface area (Å²) >= 11 is 5.47. The quantitative estimate of drug-likeness (QED) is 0.493. The molecular weight excluding hydrogens is 411 g/mol. The van der Waals surface area contributed by atoms with Crippen molar-refractivity contribution >= 4 is 54.9 Å². The number of aliphatic imine (C=N–C) groups is 1. The first-order valence-corrected chi connectivity index (χ1v) is 10.4. The number of hydrogen-bond donors (Lipinski definition) is 2. The topological polar surface area (TPSA) is 56.7 Å². The number of likely N-dealkylation sites (N-methyl/N-ethyl adjacent to an activating group) is 1. The molecule has 4 rings (SSSR count). The predicted octanol–water partition coefficient (Wildman–Crippen LogP) is 3.31. The number of rotatable bonds is 3. The molecule has 1 aliphatic rings. The number of nitrogens with zero attached hydrogens (tertiary/aromatic N) is 2. The standard InChI is InChI=1S/C23H21N4OPS/c1-27-19-13-6-5-12-18(19)20(15-8-3-2-4-9-15)25-21(22(27)28)26-23(30)24-16-10-7-11-17(29)14-16/h2-14,21H,29H2,1H3,(H2,24,26,30). The van der Waals surface area contributed by atoms with Gasteiger partial charge in [0.25, 0.3) is 5.91 Å². The lowest BCUT2D eigenvalue weighted by Crippen LogP contribution is -2.47. The molecular formula is C23H21N4OPS. The Morgan fingerprint density at radius 3 is 2.53 bits per heavy atom. The van der Waals surface area contributed by atoms with Crippen molar-refractivity contribution in [2.75, 3.05) is 17.3 Å². The van der Waals surface area contributed by atoms with Crippen molar-refractivity contribution in [1.29, 1.82) is 0 Å². The van der Waals surface area contributed by atoms with Crippen molar-refractivity contribution in [2.24, 2.45) is 4.99 Å². The summed E-state index contributed by atoms with van der Waals surface area (Å²) in [5, 5.41) is 7.57. The van der Waals surface area contributed by atoms with Crippen LogP contribution in [0.3, 0.4) is 0 Å². The molecule has 0 saturated heterocycles. The highest BCUT2D eigenvalue weighted by molar-refractivity contribution is 7.80. The number of carbonyl (C=O) groups excluding carboxylic acids is 1. The molecule has 7 heteroatoms. The third kappa shape index (κ3) is 4.25. The Bertz CT molecular complexity index is 1130. The van der Waals surface area contributed by atoms with Crippen molar-refractivity contribution in [3.63, 3.8) is 0 Å². The van der Waals surface area contributed by atoms with E-state index in [1.165, 1.54) is 0 Å². The van der Waals surface area contributed by atoms with Gasteiger partial charge in [0, 0.05) is 23.9 Å². The van der Waals surface area contributed by atoms with Crippen LogP contribution in [-0.2, 0) is 4.79 Å². The Balaban J connectivity index is 1.69. The van der Waals surface area contributed by atoms with Gasteiger partial charge in [0.1, 0.15) is 0 Å². The number of carbonyl (C=O) groups is 1. The van der Waals surface area contributed by atoms with E-state index in [0.717, 1.165) is 33.5 Å². The Hall–Kier alpha value is -3.08. The Morgan fingerprint density at radius 1 is 1.03 bits per heavy atom. The molecule has 1 aliphatic heterocycles. The summed E-state index contributed by atoms with van der Waals surface area (Å²) in [5.74, 6) is -0.183. The average molecular weight is 432 g/mol. The summed E-state index contributed by atoms with van der Waals surface area (Å²) in [4.78, 5) is 19.6. The molecule has 5 nitrogen and oxygen atoms in total. The first kappa shape index (κ1) is 20.2. The van der Waals surface area contributed by atoms with E-state index in [9.17, 15) is 4.79 Å². The molecule has 30 heavy (non-hydrogen) atoms. The second-order valence-electron chi connectivity index (χ2n) is 6.88. The minimum absolute atomic E-state index is 0.183. The molecule has 1 heterocycles. The van der Waals surface area contributed by atoms with E-state index in [1.807, 2.05) is 78.9 Å². The largest absolute Gasteiger partial charge is 0.333 e. The van der Waals surface area contributed by atoms with E-state index in [4.69, 9.17) is 17.2 Å². The first-order chi connectivity index (χ1) is 14.5. The SMILES string of the molecule is CN1C(=O)C(NC(=S)Nc2cccc(P)c2)N=C(c2ccccc2)c2ccccc21. The van der Waals surface area contributed by atoms with Gasteiger partial charge in [-0.1, -0.05) is 60.7 Å². The van der Waals surface area contributed by atoms with Gasteiger partial charge in [0.2, 0.25) is 6.17 Å². The number of benzodiazepines with no additional fused rings is 1. The number of anilines is 2. The molecule has 2 unspecified atom stereocenters. The number of para-hydroxylation sites is 1. The molecule has 0 aliphatic carbocycles. The van der Waals surface area contributed by atoms with Gasteiger partial charge in [-0.05, 0) is 35.7 Å². The fraction of sp³-hybridized carbons (Fsp3) is 0.0870. The van der Waals surface area contributed by atoms with Crippen LogP contribution in [0, 0.1) is 0 Å². The highest BCUT2D eigenvalue weighted by atomic mass is 32.1. The van der Waals surface area contributed by atoms with E-state index in [1.54, 1.807) is 11.9 Å². The number of benzene rings is 3. The van der Waals surface area contributed by atoms with Crippen LogP contribution in [0.25, 0.3) is 0 Å². The monoisotopic (exact) mass is 432 g/mol. The lowest BCUT2D eigenvalue weighted by Gasteiger charge is -2.22. The second-order valence-corrected chi connectivity index (χ2v) is 7.96. The lowest BCUT2D eigenvalue weighted by molar-refractivity contribution is -0.119. The molecule has 3 aromatic rings. The Labute approximate surface area is 183 Å². The average Bonchev–Trinajstić information content (AvgIpc) is 2.85. The number of nitrogens with one attached hydrogen (secondary N) is 2. The third-order valence-electron chi connectivity index (χ3n) is 4.80. The second kappa shape index (κ2) is 8.74. The van der Waals surface area contributed by atoms with Gasteiger partial charge in [0.15, 0.2) is 5.11 Å². The van der Waals surface area contributed by atoms with Gasteiger partial charge in [-0.25, -0.2) is 4.99 Å². The minimum atomic E-state index is -0.850. The predicted molar refractivity (Wildman–Crippen MR) is 131 cm³/mol. The van der Waals surface area contributed by atoms with E-state index in [-0.39, 0.29) is 5.91 Å². The molecule has 0 aromatic heterocycles. The zero-order chi connectivity index (χ0) is 21.1. The molecule has 150 valence electrons. The first-order valence-electron chi connectivity index (χ1n) is 9.46. The summed E-state index contributed by atoms with van der Waals surface area (Å²) in [6, 6.07) is 25.4. The van der Waals surface area contributed by atoms with Gasteiger partial charge >= 0.3 is 0 Å². The van der Waals surface area contributed by atoms with Crippen molar-refractivity contribution in [1.82, 2.24) is 5.32 Å². The molecule has 0 bridgehead atoms. The van der Waals surface area contributed by atoms with Crippen LogP contribution in [0.2, 0.25) is 0 Å². The van der Waals surface area contributed by atoms with Crippen LogP contribution >= 0.6 is 21.5 Å². The maximum atomic E-state index is 13.2. The fourth-order valence-corrected chi connectivity index (χ4v) is 3.87. The Kier molecular flexibility index (Phi) is 5.88. The summed E-state index contributed by atoms with van der Waals surface area (Å²) in [6.45, 7) is 0. The van der Waals surface area contributed by atoms with E-state index >= 15 is 0 Å². The molecule has 2 atom stereocenters. The van der Waals surface area contributed by atoms with Gasteiger partial charge < -0.3 is 15.5 Å². The van der Waals surface area contributed by atoms with Crippen molar-refractivity contribution in [2.45, 2.75) is 6.17 Å². The highest BCUT2D eigenvalue weighted by Crippen LogP contribution is 2.27. The number of hydrogen-bond acceptors (Lipinski definition) is 3. The third-order valence-corrected chi connectivity index (χ3v) is 5.38. The number of fused-ring (bicyclic) bond motifs is 1. The van der Waals surface area contributed by atoms with Gasteiger partial charge in [-0.15, -0.1) is 9.24 Å². The highest BCUT2D eigenvalue weighted by Gasteiger charge is 2.30. The molecule has 0 fully saturated rings. The molecule has 2 N–H and O–H groups in total. The van der Waals surface area contributed by atoms with Crippen LogP contribution in [-0.4, -0.2) is 29.9 Å². The zero-order valence-electron chi connectivity index (χ0n) is 16.4. The smallest absolute Gasteiger partial charge is 0.272 e. The molecule has 1 amide bonds. The van der Waals surface area contributed by atoms with Gasteiger partial charge in [-0.3, -0.25) is 4.79 Å². The van der Waals surface area contributed by atoms with Gasteiger partial charge in [0.05, 0.1) is 11.4 Å². The van der Waals surface area contributed by atoms with Crippen LogP contribution in [0.5, 0.6) is 0 Å². The molecule has 3 aromatic carbocycles. The van der Waals surface area contributed by atoms with Crippen LogP contribution in [0.15, 0.2) is 83.9 Å². The van der Waals surface area contributed by atoms with Crippen molar-refractivity contribution in [3.05, 3.63) is 90.0 Å². The van der Waals surface area contributed by atoms with Gasteiger partial charge in [-0.2, -0.15) is 0 Å². The van der Waals surface area contributed by atoms with E-state index < -0.39 is 6.17 Å². The summed E-state index contributed by atoms with van der Waals surface area (Å²) in [5.41, 5.74) is 4.23. The van der Waals surface area contributed by atoms with E-state index in [0.29, 0.717) is 5.11 Å². The van der Waals surface area contributed by atoms with Crippen molar-refractivity contribution in [3.8, 4) is 0 Å². The van der Waals surface area contributed by atoms with E-state index in [2.05, 4.69) is 19.9 Å². The summed E-state index contributed by atoms with van der Waals surface area (Å²) < 4.78 is 0. The molecule has 0 radical (unpaired) electrons. The zero-order valence-corrected chi connectivity index (χ0v) is 18.3. The molecule has 0 saturated carbocycles. The normalized spacial score (nSPS) is 15.7. The summed E-state index contributed by atoms with van der Waals surface area (Å²) in [6.07, 6.45) is -0.850. The fourth-order valence-electron chi connectivity index (χ4n) is 3.35. The maximum absolute atomic E-state index is 13.2. The Morgan fingerprint density at radius 2 is 1.77 bits per heavy atom. The van der Waals surface area contributed by atoms with Crippen molar-refractivity contribution < 1.29 is 4.79 Å². The minimum Gasteiger partial charge on any atom is -0.333 e. The van der Waals surface area contributed by atoms with Crippen LogP contribution < -0.4 is 20.8 Å². The lowest BCUT2D eigenvalue weighted by atomic mass is 10.0. The van der Waals surface area contributed by atoms with Crippen LogP contribution in [0.1, 0.15) is 11.1 Å². The molecule has 0 spiro atoms.